The van der Waals surface area contributed by atoms with Crippen LogP contribution in [0.2, 0.25) is 0 Å². The summed E-state index contributed by atoms with van der Waals surface area (Å²) in [6.45, 7) is 0.661. The van der Waals surface area contributed by atoms with E-state index in [-0.39, 0.29) is 18.7 Å². The predicted molar refractivity (Wildman–Crippen MR) is 143 cm³/mol. The molecule has 39 heavy (non-hydrogen) atoms. The largest absolute Gasteiger partial charge is 0.480 e. The highest BCUT2D eigenvalue weighted by molar-refractivity contribution is 5.81. The van der Waals surface area contributed by atoms with Crippen molar-refractivity contribution in [3.8, 4) is 17.2 Å². The van der Waals surface area contributed by atoms with Gasteiger partial charge in [-0.2, -0.15) is 18.4 Å². The summed E-state index contributed by atoms with van der Waals surface area (Å²) < 4.78 is 48.1. The van der Waals surface area contributed by atoms with E-state index in [0.717, 1.165) is 24.5 Å². The lowest BCUT2D eigenvalue weighted by atomic mass is 9.93. The molecule has 3 aromatic carbocycles. The number of hydrogen-bond acceptors (Lipinski definition) is 4. The molecule has 1 aliphatic rings. The summed E-state index contributed by atoms with van der Waals surface area (Å²) >= 11 is 0. The van der Waals surface area contributed by atoms with Gasteiger partial charge in [0.1, 0.15) is 12.1 Å². The molecular weight excluding hydrogens is 505 g/mol. The van der Waals surface area contributed by atoms with Crippen LogP contribution >= 0.6 is 0 Å². The van der Waals surface area contributed by atoms with Crippen molar-refractivity contribution < 1.29 is 27.8 Å². The summed E-state index contributed by atoms with van der Waals surface area (Å²) in [7, 11) is 1.46. The fourth-order valence-electron chi connectivity index (χ4n) is 5.08. The Morgan fingerprint density at radius 2 is 1.82 bits per heavy atom. The van der Waals surface area contributed by atoms with E-state index in [1.54, 1.807) is 17.0 Å². The van der Waals surface area contributed by atoms with Gasteiger partial charge in [-0.15, -0.1) is 0 Å². The van der Waals surface area contributed by atoms with Crippen molar-refractivity contribution in [3.63, 3.8) is 0 Å². The first-order chi connectivity index (χ1) is 18.7. The van der Waals surface area contributed by atoms with Gasteiger partial charge in [-0.3, -0.25) is 9.69 Å². The molecule has 1 heterocycles. The number of aliphatic carboxylic acids is 1. The smallest absolute Gasteiger partial charge is 0.416 e. The highest BCUT2D eigenvalue weighted by atomic mass is 19.4. The number of methoxy groups -OCH3 is 1. The van der Waals surface area contributed by atoms with E-state index in [4.69, 9.17) is 4.74 Å². The quantitative estimate of drug-likeness (QED) is 0.315. The van der Waals surface area contributed by atoms with Gasteiger partial charge in [0.25, 0.3) is 0 Å². The van der Waals surface area contributed by atoms with Gasteiger partial charge < -0.3 is 9.84 Å². The molecule has 0 aromatic heterocycles. The van der Waals surface area contributed by atoms with E-state index in [1.165, 1.54) is 25.3 Å². The monoisotopic (exact) mass is 534 g/mol. The topological polar surface area (TPSA) is 73.6 Å². The summed E-state index contributed by atoms with van der Waals surface area (Å²) in [5.74, 6) is -0.968. The summed E-state index contributed by atoms with van der Waals surface area (Å²) in [6, 6.07) is 18.6. The molecule has 1 saturated heterocycles. The Hall–Kier alpha value is -3.93. The van der Waals surface area contributed by atoms with Gasteiger partial charge in [0.2, 0.25) is 0 Å². The maximum Gasteiger partial charge on any atom is 0.416 e. The Labute approximate surface area is 225 Å². The normalized spacial score (nSPS) is 16.3. The van der Waals surface area contributed by atoms with Gasteiger partial charge in [0.15, 0.2) is 0 Å². The van der Waals surface area contributed by atoms with Crippen molar-refractivity contribution in [2.45, 2.75) is 44.6 Å². The lowest BCUT2D eigenvalue weighted by Gasteiger charge is -2.33. The first-order valence-corrected chi connectivity index (χ1v) is 12.7. The molecule has 5 nitrogen and oxygen atoms in total. The van der Waals surface area contributed by atoms with Crippen LogP contribution in [-0.4, -0.2) is 35.7 Å². The second kappa shape index (κ2) is 12.3. The van der Waals surface area contributed by atoms with Crippen molar-refractivity contribution in [1.29, 1.82) is 5.26 Å². The van der Waals surface area contributed by atoms with E-state index >= 15 is 0 Å². The molecule has 1 N–H and O–H groups in total. The SMILES string of the molecule is COCc1cc(/C=C/c2cccc(-c3ccccc3)c2C#N)c(C(F)(F)F)cc1CN1CCCCC1C(=O)O. The molecule has 1 fully saturated rings. The van der Waals surface area contributed by atoms with Crippen molar-refractivity contribution in [3.05, 3.63) is 94.0 Å². The van der Waals surface area contributed by atoms with Gasteiger partial charge in [0, 0.05) is 19.2 Å². The van der Waals surface area contributed by atoms with E-state index in [0.29, 0.717) is 40.8 Å². The molecule has 1 unspecified atom stereocenters. The van der Waals surface area contributed by atoms with E-state index in [9.17, 15) is 28.3 Å². The lowest BCUT2D eigenvalue weighted by Crippen LogP contribution is -2.44. The maximum atomic E-state index is 14.3. The minimum Gasteiger partial charge on any atom is -0.480 e. The number of ether oxygens (including phenoxy) is 1. The number of nitriles is 1. The summed E-state index contributed by atoms with van der Waals surface area (Å²) in [5, 5.41) is 19.5. The molecule has 0 saturated carbocycles. The fourth-order valence-corrected chi connectivity index (χ4v) is 5.08. The molecule has 0 amide bonds. The third-order valence-corrected chi connectivity index (χ3v) is 6.98. The Kier molecular flexibility index (Phi) is 8.85. The third kappa shape index (κ3) is 6.56. The molecule has 3 aromatic rings. The molecule has 1 atom stereocenters. The maximum absolute atomic E-state index is 14.3. The van der Waals surface area contributed by atoms with E-state index < -0.39 is 23.8 Å². The first-order valence-electron chi connectivity index (χ1n) is 12.7. The Morgan fingerprint density at radius 1 is 1.08 bits per heavy atom. The third-order valence-electron chi connectivity index (χ3n) is 6.98. The Morgan fingerprint density at radius 3 is 2.49 bits per heavy atom. The summed E-state index contributed by atoms with van der Waals surface area (Å²) in [4.78, 5) is 13.5. The van der Waals surface area contributed by atoms with E-state index in [2.05, 4.69) is 6.07 Å². The number of carboxylic acid groups (broad SMARTS) is 1. The van der Waals surface area contributed by atoms with Crippen LogP contribution in [0.3, 0.4) is 0 Å². The summed E-state index contributed by atoms with van der Waals surface area (Å²) in [6.07, 6.45) is 0.281. The number of halogens is 3. The first kappa shape index (κ1) is 28.1. The average Bonchev–Trinajstić information content (AvgIpc) is 2.92. The number of nitrogens with zero attached hydrogens (tertiary/aromatic N) is 2. The van der Waals surface area contributed by atoms with Crippen LogP contribution in [0.5, 0.6) is 0 Å². The number of hydrogen-bond donors (Lipinski definition) is 1. The standard InChI is InChI=1S/C31H29F3N2O3/c1-39-20-25-16-23(14-13-22-10-7-11-26(27(22)18-35)21-8-3-2-4-9-21)28(31(32,33)34)17-24(25)19-36-15-6-5-12-29(36)30(37)38/h2-4,7-11,13-14,16-17,29H,5-6,12,15,19-20H2,1H3,(H,37,38)/b14-13+. The van der Waals surface area contributed by atoms with Gasteiger partial charge in [-0.05, 0) is 59.3 Å². The van der Waals surface area contributed by atoms with Crippen LogP contribution < -0.4 is 0 Å². The van der Waals surface area contributed by atoms with Crippen molar-refractivity contribution >= 4 is 18.1 Å². The van der Waals surface area contributed by atoms with Crippen LogP contribution in [0, 0.1) is 11.3 Å². The van der Waals surface area contributed by atoms with Crippen LogP contribution in [0.25, 0.3) is 23.3 Å². The van der Waals surface area contributed by atoms with E-state index in [1.807, 2.05) is 36.4 Å². The fraction of sp³-hybridized carbons (Fsp3) is 0.290. The predicted octanol–water partition coefficient (Wildman–Crippen LogP) is 7.00. The second-order valence-corrected chi connectivity index (χ2v) is 9.54. The van der Waals surface area contributed by atoms with Gasteiger partial charge >= 0.3 is 12.1 Å². The molecule has 202 valence electrons. The van der Waals surface area contributed by atoms with Crippen molar-refractivity contribution in [2.24, 2.45) is 0 Å². The zero-order valence-corrected chi connectivity index (χ0v) is 21.5. The van der Waals surface area contributed by atoms with Crippen LogP contribution in [0.1, 0.15) is 52.6 Å². The number of likely N-dealkylation sites (tertiary alicyclic amines) is 1. The number of carboxylic acids is 1. The molecule has 0 radical (unpaired) electrons. The van der Waals surface area contributed by atoms with Crippen LogP contribution in [0.4, 0.5) is 13.2 Å². The second-order valence-electron chi connectivity index (χ2n) is 9.54. The van der Waals surface area contributed by atoms with Crippen LogP contribution in [0.15, 0.2) is 60.7 Å². The number of rotatable bonds is 8. The van der Waals surface area contributed by atoms with Gasteiger partial charge in [0.05, 0.1) is 17.7 Å². The summed E-state index contributed by atoms with van der Waals surface area (Å²) in [5.41, 5.74) is 2.47. The number of piperidine rings is 1. The van der Waals surface area contributed by atoms with Gasteiger partial charge in [-0.1, -0.05) is 67.1 Å². The van der Waals surface area contributed by atoms with Crippen molar-refractivity contribution in [1.82, 2.24) is 4.90 Å². The zero-order valence-electron chi connectivity index (χ0n) is 21.5. The minimum absolute atomic E-state index is 0.0549. The van der Waals surface area contributed by atoms with Crippen molar-refractivity contribution in [2.75, 3.05) is 13.7 Å². The molecule has 4 rings (SSSR count). The highest BCUT2D eigenvalue weighted by Crippen LogP contribution is 2.36. The van der Waals surface area contributed by atoms with Gasteiger partial charge in [-0.25, -0.2) is 0 Å². The Balaban J connectivity index is 1.76. The Bertz CT molecular complexity index is 1390. The minimum atomic E-state index is -4.64. The lowest BCUT2D eigenvalue weighted by molar-refractivity contribution is -0.145. The number of alkyl halides is 3. The van der Waals surface area contributed by atoms with Crippen LogP contribution in [-0.2, 0) is 28.9 Å². The molecule has 0 aliphatic carbocycles. The molecule has 8 heteroatoms. The number of benzene rings is 3. The number of carbonyl (C=O) groups is 1. The average molecular weight is 535 g/mol. The zero-order chi connectivity index (χ0) is 28.0. The molecule has 0 spiro atoms. The molecular formula is C31H29F3N2O3. The molecule has 1 aliphatic heterocycles. The highest BCUT2D eigenvalue weighted by Gasteiger charge is 2.35. The molecule has 0 bridgehead atoms.